The summed E-state index contributed by atoms with van der Waals surface area (Å²) in [5.74, 6) is 1.48. The fraction of sp³-hybridized carbons (Fsp3) is 0.419. The van der Waals surface area contributed by atoms with E-state index in [0.29, 0.717) is 41.8 Å². The minimum atomic E-state index is -1.23. The molecule has 0 bridgehead atoms. The van der Waals surface area contributed by atoms with Crippen molar-refractivity contribution in [2.24, 2.45) is 11.8 Å². The molecule has 2 saturated heterocycles. The van der Waals surface area contributed by atoms with Gasteiger partial charge in [0.2, 0.25) is 5.75 Å². The molecule has 42 heavy (non-hydrogen) atoms. The number of ether oxygens (including phenoxy) is 7. The maximum absolute atomic E-state index is 11.0. The highest BCUT2D eigenvalue weighted by Crippen LogP contribution is 2.52. The highest BCUT2D eigenvalue weighted by Gasteiger charge is 2.48. The predicted octanol–water partition coefficient (Wildman–Crippen LogP) is 3.68. The van der Waals surface area contributed by atoms with Crippen LogP contribution in [0.5, 0.6) is 40.2 Å². The molecule has 0 spiro atoms. The van der Waals surface area contributed by atoms with Crippen LogP contribution in [-0.2, 0) is 9.47 Å². The molecule has 2 fully saturated rings. The van der Waals surface area contributed by atoms with Crippen LogP contribution >= 0.6 is 0 Å². The van der Waals surface area contributed by atoms with E-state index in [4.69, 9.17) is 33.2 Å². The molecule has 0 aliphatic carbocycles. The van der Waals surface area contributed by atoms with E-state index >= 15 is 0 Å². The maximum atomic E-state index is 11.0. The second-order valence-corrected chi connectivity index (χ2v) is 10.2. The van der Waals surface area contributed by atoms with E-state index in [-0.39, 0.29) is 41.3 Å². The van der Waals surface area contributed by atoms with Crippen LogP contribution in [0.3, 0.4) is 0 Å². The maximum Gasteiger partial charge on any atom is 0.200 e. The lowest BCUT2D eigenvalue weighted by Crippen LogP contribution is -2.29. The summed E-state index contributed by atoms with van der Waals surface area (Å²) in [5.41, 5.74) is 2.06. The summed E-state index contributed by atoms with van der Waals surface area (Å²) in [6.07, 6.45) is -2.85. The average molecular weight is 585 g/mol. The summed E-state index contributed by atoms with van der Waals surface area (Å²) < 4.78 is 39.9. The van der Waals surface area contributed by atoms with Gasteiger partial charge in [0.15, 0.2) is 40.6 Å². The lowest BCUT2D eigenvalue weighted by molar-refractivity contribution is -0.00102. The molecule has 0 unspecified atom stereocenters. The molecule has 3 aromatic rings. The molecule has 11 nitrogen and oxygen atoms in total. The van der Waals surface area contributed by atoms with Crippen molar-refractivity contribution in [2.45, 2.75) is 24.4 Å². The van der Waals surface area contributed by atoms with Crippen LogP contribution in [-0.4, -0.2) is 74.8 Å². The monoisotopic (exact) mass is 584 g/mol. The molecule has 226 valence electrons. The van der Waals surface area contributed by atoms with E-state index < -0.39 is 18.8 Å². The van der Waals surface area contributed by atoms with Gasteiger partial charge in [-0.2, -0.15) is 0 Å². The van der Waals surface area contributed by atoms with E-state index in [2.05, 4.69) is 0 Å². The number of phenols is 2. The van der Waals surface area contributed by atoms with Gasteiger partial charge in [0.1, 0.15) is 6.10 Å². The number of fused-ring (bicyclic) bond motifs is 1. The Morgan fingerprint density at radius 3 is 1.86 bits per heavy atom. The molecular formula is C31H36O11. The quantitative estimate of drug-likeness (QED) is 0.262. The summed E-state index contributed by atoms with van der Waals surface area (Å²) in [7, 11) is 5.88. The third-order valence-electron chi connectivity index (χ3n) is 7.97. The van der Waals surface area contributed by atoms with Gasteiger partial charge in [0, 0.05) is 11.8 Å². The largest absolute Gasteiger partial charge is 0.504 e. The van der Waals surface area contributed by atoms with Gasteiger partial charge in [-0.1, -0.05) is 12.1 Å². The van der Waals surface area contributed by atoms with E-state index in [0.717, 1.165) is 11.1 Å². The Hall–Kier alpha value is -3.90. The summed E-state index contributed by atoms with van der Waals surface area (Å²) in [6.45, 7) is 0.417. The van der Waals surface area contributed by atoms with Crippen LogP contribution in [0.2, 0.25) is 0 Å². The van der Waals surface area contributed by atoms with Crippen LogP contribution in [0, 0.1) is 11.8 Å². The first-order chi connectivity index (χ1) is 20.3. The third-order valence-corrected chi connectivity index (χ3v) is 7.97. The zero-order valence-electron chi connectivity index (χ0n) is 23.9. The molecule has 2 aliphatic heterocycles. The fourth-order valence-corrected chi connectivity index (χ4v) is 5.73. The number of phenolic OH excluding ortho intramolecular Hbond substituents is 2. The SMILES string of the molecule is COc1cc([C@H](O)[C@@H](CO)Oc2cc([C@@H]3OC[C@@H]4[C@H]3CO[C@H]4c3cc(OC)c(O)c(OC)c3)ccc2OC)ccc1O. The van der Waals surface area contributed by atoms with Gasteiger partial charge in [-0.25, -0.2) is 0 Å². The van der Waals surface area contributed by atoms with Crippen LogP contribution in [0.15, 0.2) is 48.5 Å². The highest BCUT2D eigenvalue weighted by atomic mass is 16.5. The lowest BCUT2D eigenvalue weighted by Gasteiger charge is -2.25. The summed E-state index contributed by atoms with van der Waals surface area (Å²) in [5, 5.41) is 41.4. The lowest BCUT2D eigenvalue weighted by atomic mass is 9.84. The molecular weight excluding hydrogens is 548 g/mol. The Labute approximate surface area is 243 Å². The van der Waals surface area contributed by atoms with Gasteiger partial charge in [-0.15, -0.1) is 0 Å². The van der Waals surface area contributed by atoms with Crippen molar-refractivity contribution >= 4 is 0 Å². The molecule has 5 rings (SSSR count). The van der Waals surface area contributed by atoms with Crippen molar-refractivity contribution in [3.8, 4) is 40.2 Å². The number of rotatable bonds is 11. The smallest absolute Gasteiger partial charge is 0.200 e. The Balaban J connectivity index is 1.37. The van der Waals surface area contributed by atoms with Crippen LogP contribution < -0.4 is 23.7 Å². The number of hydrogen-bond donors (Lipinski definition) is 4. The van der Waals surface area contributed by atoms with E-state index in [1.54, 1.807) is 24.3 Å². The van der Waals surface area contributed by atoms with Crippen LogP contribution in [0.25, 0.3) is 0 Å². The first kappa shape index (κ1) is 29.6. The Morgan fingerprint density at radius 2 is 1.29 bits per heavy atom. The van der Waals surface area contributed by atoms with Gasteiger partial charge in [0.25, 0.3) is 0 Å². The van der Waals surface area contributed by atoms with Crippen LogP contribution in [0.1, 0.15) is 35.0 Å². The molecule has 0 saturated carbocycles. The van der Waals surface area contributed by atoms with Gasteiger partial charge >= 0.3 is 0 Å². The van der Waals surface area contributed by atoms with Crippen LogP contribution in [0.4, 0.5) is 0 Å². The van der Waals surface area contributed by atoms with Gasteiger partial charge in [-0.05, 0) is 53.1 Å². The van der Waals surface area contributed by atoms with Gasteiger partial charge < -0.3 is 53.6 Å². The van der Waals surface area contributed by atoms with Crippen molar-refractivity contribution in [1.29, 1.82) is 0 Å². The first-order valence-electron chi connectivity index (χ1n) is 13.5. The van der Waals surface area contributed by atoms with Crippen molar-refractivity contribution in [1.82, 2.24) is 0 Å². The van der Waals surface area contributed by atoms with E-state index in [1.165, 1.54) is 46.6 Å². The number of aromatic hydroxyl groups is 2. The Bertz CT molecular complexity index is 1370. The highest BCUT2D eigenvalue weighted by molar-refractivity contribution is 5.53. The number of hydrogen-bond acceptors (Lipinski definition) is 11. The number of aliphatic hydroxyl groups excluding tert-OH is 2. The third kappa shape index (κ3) is 5.48. The molecule has 2 aliphatic rings. The minimum Gasteiger partial charge on any atom is -0.504 e. The minimum absolute atomic E-state index is 0.0331. The van der Waals surface area contributed by atoms with Gasteiger partial charge in [-0.3, -0.25) is 0 Å². The molecule has 2 heterocycles. The first-order valence-corrected chi connectivity index (χ1v) is 13.5. The summed E-state index contributed by atoms with van der Waals surface area (Å²) in [6, 6.07) is 13.4. The number of methoxy groups -OCH3 is 4. The predicted molar refractivity (Wildman–Crippen MR) is 150 cm³/mol. The summed E-state index contributed by atoms with van der Waals surface area (Å²) >= 11 is 0. The standard InChI is InChI=1S/C31H36O11/c1-36-22-8-6-17(10-24(22)42-27(13-32)28(34)16-5-7-21(33)23(9-16)37-2)30-19-14-41-31(20(19)15-40-30)18-11-25(38-3)29(35)26(12-18)39-4/h5-12,19-20,27-28,30-35H,13-15H2,1-4H3/t19-,20-,27-,28+,30+,31+/m1/s1. The molecule has 6 atom stereocenters. The van der Waals surface area contributed by atoms with E-state index in [1.807, 2.05) is 6.07 Å². The molecule has 4 N–H and O–H groups in total. The summed E-state index contributed by atoms with van der Waals surface area (Å²) in [4.78, 5) is 0. The van der Waals surface area contributed by atoms with Crippen molar-refractivity contribution in [2.75, 3.05) is 48.3 Å². The molecule has 0 aromatic heterocycles. The normalized spacial score (nSPS) is 22.7. The second-order valence-electron chi connectivity index (χ2n) is 10.2. The second kappa shape index (κ2) is 12.5. The molecule has 0 amide bonds. The van der Waals surface area contributed by atoms with Crippen molar-refractivity contribution in [3.05, 3.63) is 65.2 Å². The van der Waals surface area contributed by atoms with Crippen molar-refractivity contribution in [3.63, 3.8) is 0 Å². The topological polar surface area (TPSA) is 146 Å². The Kier molecular flexibility index (Phi) is 8.83. The van der Waals surface area contributed by atoms with Crippen molar-refractivity contribution < 1.29 is 53.6 Å². The number of aliphatic hydroxyl groups is 2. The molecule has 0 radical (unpaired) electrons. The fourth-order valence-electron chi connectivity index (χ4n) is 5.73. The molecule has 11 heteroatoms. The Morgan fingerprint density at radius 1 is 0.714 bits per heavy atom. The van der Waals surface area contributed by atoms with Gasteiger partial charge in [0.05, 0.1) is 60.5 Å². The van der Waals surface area contributed by atoms with E-state index in [9.17, 15) is 20.4 Å². The molecule has 3 aromatic carbocycles. The zero-order valence-corrected chi connectivity index (χ0v) is 23.9. The average Bonchev–Trinajstić information content (AvgIpc) is 3.62. The zero-order chi connectivity index (χ0) is 30.0. The number of benzene rings is 3.